The summed E-state index contributed by atoms with van der Waals surface area (Å²) in [7, 11) is 1.32. The van der Waals surface area contributed by atoms with Crippen LogP contribution in [-0.2, 0) is 4.79 Å². The highest BCUT2D eigenvalue weighted by atomic mass is 35.5. The average molecular weight is 401 g/mol. The highest BCUT2D eigenvalue weighted by Gasteiger charge is 2.18. The lowest BCUT2D eigenvalue weighted by Crippen LogP contribution is -2.20. The number of hydrogen-bond acceptors (Lipinski definition) is 5. The van der Waals surface area contributed by atoms with Crippen LogP contribution in [0, 0.1) is 0 Å². The van der Waals surface area contributed by atoms with Gasteiger partial charge in [0, 0.05) is 5.56 Å². The molecule has 0 spiro atoms. The molecule has 27 heavy (non-hydrogen) atoms. The van der Waals surface area contributed by atoms with Gasteiger partial charge in [-0.05, 0) is 24.3 Å². The molecule has 2 aromatic rings. The zero-order valence-corrected chi connectivity index (χ0v) is 14.8. The van der Waals surface area contributed by atoms with Gasteiger partial charge in [-0.2, -0.15) is 8.78 Å². The normalized spacial score (nSPS) is 10.4. The van der Waals surface area contributed by atoms with Crippen LogP contribution in [0.2, 0.25) is 5.02 Å². The Morgan fingerprint density at radius 2 is 1.93 bits per heavy atom. The van der Waals surface area contributed by atoms with Gasteiger partial charge in [-0.25, -0.2) is 0 Å². The second-order valence-electron chi connectivity index (χ2n) is 5.07. The number of ether oxygens (including phenoxy) is 3. The number of carbonyl (C=O) groups excluding carboxylic acids is 2. The summed E-state index contributed by atoms with van der Waals surface area (Å²) in [4.78, 5) is 23.3. The molecule has 0 aliphatic carbocycles. The Morgan fingerprint density at radius 3 is 2.56 bits per heavy atom. The van der Waals surface area contributed by atoms with E-state index in [1.807, 2.05) is 0 Å². The number of para-hydroxylation sites is 2. The molecule has 0 atom stereocenters. The van der Waals surface area contributed by atoms with E-state index in [1.54, 1.807) is 6.07 Å². The number of carbonyl (C=O) groups is 2. The molecular weight excluding hydrogens is 386 g/mol. The van der Waals surface area contributed by atoms with Crippen molar-refractivity contribution in [3.63, 3.8) is 0 Å². The molecule has 2 amide bonds. The average Bonchev–Trinajstić information content (AvgIpc) is 2.61. The van der Waals surface area contributed by atoms with E-state index in [9.17, 15) is 18.4 Å². The first-order valence-corrected chi connectivity index (χ1v) is 7.83. The third-order valence-electron chi connectivity index (χ3n) is 3.20. The largest absolute Gasteiger partial charge is 0.493 e. The Kier molecular flexibility index (Phi) is 6.78. The zero-order chi connectivity index (χ0) is 20.0. The van der Waals surface area contributed by atoms with E-state index in [-0.39, 0.29) is 33.5 Å². The fraction of sp³-hybridized carbons (Fsp3) is 0.176. The van der Waals surface area contributed by atoms with Crippen molar-refractivity contribution in [2.75, 3.05) is 19.0 Å². The lowest BCUT2D eigenvalue weighted by molar-refractivity contribution is -0.119. The van der Waals surface area contributed by atoms with Gasteiger partial charge in [-0.15, -0.1) is 0 Å². The third kappa shape index (κ3) is 5.45. The molecule has 144 valence electrons. The van der Waals surface area contributed by atoms with Crippen molar-refractivity contribution in [3.05, 3.63) is 47.0 Å². The molecule has 0 aromatic heterocycles. The van der Waals surface area contributed by atoms with E-state index in [0.29, 0.717) is 0 Å². The molecule has 7 nitrogen and oxygen atoms in total. The maximum atomic E-state index is 12.5. The maximum absolute atomic E-state index is 12.5. The Bertz CT molecular complexity index is 848. The Labute approximate surface area is 158 Å². The van der Waals surface area contributed by atoms with Crippen LogP contribution in [0.15, 0.2) is 36.4 Å². The highest BCUT2D eigenvalue weighted by molar-refractivity contribution is 6.32. The molecule has 0 aliphatic rings. The molecule has 2 rings (SSSR count). The summed E-state index contributed by atoms with van der Waals surface area (Å²) in [6, 6.07) is 8.30. The summed E-state index contributed by atoms with van der Waals surface area (Å²) in [6.45, 7) is -3.47. The van der Waals surface area contributed by atoms with E-state index in [4.69, 9.17) is 26.8 Å². The minimum absolute atomic E-state index is 0.00198. The lowest BCUT2D eigenvalue weighted by Gasteiger charge is -2.14. The predicted molar refractivity (Wildman–Crippen MR) is 93.7 cm³/mol. The van der Waals surface area contributed by atoms with Crippen LogP contribution >= 0.6 is 11.6 Å². The standard InChI is InChI=1S/C17H15ClF2N2O5/c1-25-13-7-9(6-10(18)15(13)26-8-14(21)23)16(24)22-11-4-2-3-5-12(11)27-17(19)20/h2-7,17H,8H2,1H3,(H2,21,23)(H,22,24). The van der Waals surface area contributed by atoms with Crippen molar-refractivity contribution in [1.29, 1.82) is 0 Å². The second kappa shape index (κ2) is 9.04. The highest BCUT2D eigenvalue weighted by Crippen LogP contribution is 2.37. The van der Waals surface area contributed by atoms with Crippen molar-refractivity contribution < 1.29 is 32.6 Å². The molecule has 0 saturated heterocycles. The van der Waals surface area contributed by atoms with Gasteiger partial charge in [0.1, 0.15) is 5.75 Å². The molecule has 0 fully saturated rings. The lowest BCUT2D eigenvalue weighted by atomic mass is 10.1. The van der Waals surface area contributed by atoms with Crippen molar-refractivity contribution in [2.45, 2.75) is 6.61 Å². The van der Waals surface area contributed by atoms with Gasteiger partial charge in [-0.3, -0.25) is 9.59 Å². The minimum atomic E-state index is -3.04. The van der Waals surface area contributed by atoms with Crippen molar-refractivity contribution >= 4 is 29.1 Å². The quantitative estimate of drug-likeness (QED) is 0.709. The van der Waals surface area contributed by atoms with E-state index in [1.165, 1.54) is 37.4 Å². The number of benzene rings is 2. The van der Waals surface area contributed by atoms with Gasteiger partial charge >= 0.3 is 6.61 Å². The van der Waals surface area contributed by atoms with E-state index in [2.05, 4.69) is 10.1 Å². The van der Waals surface area contributed by atoms with E-state index < -0.39 is 25.0 Å². The summed E-state index contributed by atoms with van der Waals surface area (Å²) >= 11 is 6.08. The van der Waals surface area contributed by atoms with Crippen LogP contribution in [0.1, 0.15) is 10.4 Å². The first-order valence-electron chi connectivity index (χ1n) is 7.45. The first kappa shape index (κ1) is 20.2. The molecule has 0 aliphatic heterocycles. The third-order valence-corrected chi connectivity index (χ3v) is 3.48. The van der Waals surface area contributed by atoms with E-state index in [0.717, 1.165) is 0 Å². The van der Waals surface area contributed by atoms with Crippen molar-refractivity contribution in [2.24, 2.45) is 5.73 Å². The van der Waals surface area contributed by atoms with Crippen LogP contribution in [0.25, 0.3) is 0 Å². The molecule has 2 aromatic carbocycles. The van der Waals surface area contributed by atoms with Crippen LogP contribution in [0.3, 0.4) is 0 Å². The second-order valence-corrected chi connectivity index (χ2v) is 5.48. The number of anilines is 1. The summed E-state index contributed by atoms with van der Waals surface area (Å²) in [5.41, 5.74) is 5.13. The number of alkyl halides is 2. The van der Waals surface area contributed by atoms with Crippen LogP contribution in [0.4, 0.5) is 14.5 Å². The smallest absolute Gasteiger partial charge is 0.387 e. The molecule has 0 unspecified atom stereocenters. The number of methoxy groups -OCH3 is 1. The van der Waals surface area contributed by atoms with Crippen LogP contribution in [0.5, 0.6) is 17.2 Å². The summed E-state index contributed by atoms with van der Waals surface area (Å²) in [5.74, 6) is -1.44. The molecule has 0 radical (unpaired) electrons. The van der Waals surface area contributed by atoms with Gasteiger partial charge in [0.05, 0.1) is 17.8 Å². The number of hydrogen-bond donors (Lipinski definition) is 2. The number of primary amides is 1. The molecule has 0 saturated carbocycles. The molecule has 0 bridgehead atoms. The number of rotatable bonds is 8. The Morgan fingerprint density at radius 1 is 1.22 bits per heavy atom. The van der Waals surface area contributed by atoms with Gasteiger partial charge in [0.15, 0.2) is 18.1 Å². The maximum Gasteiger partial charge on any atom is 0.387 e. The zero-order valence-electron chi connectivity index (χ0n) is 14.0. The van der Waals surface area contributed by atoms with Crippen molar-refractivity contribution in [3.8, 4) is 17.2 Å². The number of nitrogens with two attached hydrogens (primary N) is 1. The number of nitrogens with one attached hydrogen (secondary N) is 1. The molecule has 3 N–H and O–H groups in total. The van der Waals surface area contributed by atoms with Crippen molar-refractivity contribution in [1.82, 2.24) is 0 Å². The van der Waals surface area contributed by atoms with Gasteiger partial charge < -0.3 is 25.3 Å². The number of halogens is 3. The molecule has 0 heterocycles. The monoisotopic (exact) mass is 400 g/mol. The Hall–Kier alpha value is -3.07. The topological polar surface area (TPSA) is 99.9 Å². The van der Waals surface area contributed by atoms with E-state index >= 15 is 0 Å². The summed E-state index contributed by atoms with van der Waals surface area (Å²) in [6.07, 6.45) is 0. The first-order chi connectivity index (χ1) is 12.8. The fourth-order valence-electron chi connectivity index (χ4n) is 2.10. The molecular formula is C17H15ClF2N2O5. The van der Waals surface area contributed by atoms with Gasteiger partial charge in [0.25, 0.3) is 11.8 Å². The van der Waals surface area contributed by atoms with Gasteiger partial charge in [-0.1, -0.05) is 23.7 Å². The van der Waals surface area contributed by atoms with Gasteiger partial charge in [0.2, 0.25) is 0 Å². The SMILES string of the molecule is COc1cc(C(=O)Nc2ccccc2OC(F)F)cc(Cl)c1OCC(N)=O. The molecule has 10 heteroatoms. The Balaban J connectivity index is 2.27. The minimum Gasteiger partial charge on any atom is -0.493 e. The summed E-state index contributed by atoms with van der Waals surface area (Å²) < 4.78 is 39.6. The predicted octanol–water partition coefficient (Wildman–Crippen LogP) is 3.07. The van der Waals surface area contributed by atoms with Crippen LogP contribution in [-0.4, -0.2) is 32.1 Å². The number of amides is 2. The fourth-order valence-corrected chi connectivity index (χ4v) is 2.36. The summed E-state index contributed by atoms with van der Waals surface area (Å²) in [5, 5.41) is 2.45. The van der Waals surface area contributed by atoms with Crippen LogP contribution < -0.4 is 25.3 Å².